The van der Waals surface area contributed by atoms with Gasteiger partial charge in [-0.05, 0) is 61.6 Å². The van der Waals surface area contributed by atoms with Crippen molar-refractivity contribution in [3.05, 3.63) is 42.0 Å². The van der Waals surface area contributed by atoms with Crippen LogP contribution in [0, 0.1) is 36.5 Å². The third kappa shape index (κ3) is 4.32. The van der Waals surface area contributed by atoms with E-state index < -0.39 is 29.6 Å². The largest absolute Gasteiger partial charge is 0.359 e. The van der Waals surface area contributed by atoms with Crippen LogP contribution in [0.5, 0.6) is 0 Å². The molecule has 1 spiro atoms. The van der Waals surface area contributed by atoms with Crippen LogP contribution in [0.3, 0.4) is 0 Å². The van der Waals surface area contributed by atoms with Gasteiger partial charge < -0.3 is 20.3 Å². The summed E-state index contributed by atoms with van der Waals surface area (Å²) in [7, 11) is 0. The molecule has 7 nitrogen and oxygen atoms in total. The summed E-state index contributed by atoms with van der Waals surface area (Å²) in [4.78, 5) is 44.3. The van der Waals surface area contributed by atoms with Gasteiger partial charge in [-0.25, -0.2) is 0 Å². The molecule has 0 aromatic heterocycles. The first-order chi connectivity index (χ1) is 18.7. The Morgan fingerprint density at radius 3 is 2.54 bits per heavy atom. The summed E-state index contributed by atoms with van der Waals surface area (Å²) >= 11 is 0. The number of benzene rings is 1. The SMILES string of the molecule is Cc1cccc(NC(=O)[C@H]2[C@H]3C=C[C@@]4(O3)[C@H]2C(=O)N([C@@H]2CCC[C@H](C)[C@@H]2C)[C@@H]4C(=O)N[C@H]2CCCC[C@H]2C)c1. The van der Waals surface area contributed by atoms with Crippen LogP contribution < -0.4 is 10.6 Å². The van der Waals surface area contributed by atoms with E-state index in [1.54, 1.807) is 0 Å². The number of aryl methyl sites for hydroxylation is 1. The normalized spacial score (nSPS) is 41.0. The number of fused-ring (bicyclic) bond motifs is 1. The van der Waals surface area contributed by atoms with Crippen molar-refractivity contribution in [2.24, 2.45) is 29.6 Å². The van der Waals surface area contributed by atoms with E-state index in [2.05, 4.69) is 31.4 Å². The van der Waals surface area contributed by atoms with E-state index in [4.69, 9.17) is 4.74 Å². The van der Waals surface area contributed by atoms with Gasteiger partial charge in [0.2, 0.25) is 17.7 Å². The fourth-order valence-corrected chi connectivity index (χ4v) is 8.25. The maximum Gasteiger partial charge on any atom is 0.246 e. The molecule has 5 aliphatic rings. The van der Waals surface area contributed by atoms with Gasteiger partial charge in [-0.2, -0.15) is 0 Å². The zero-order valence-electron chi connectivity index (χ0n) is 23.7. The summed E-state index contributed by atoms with van der Waals surface area (Å²) < 4.78 is 6.59. The van der Waals surface area contributed by atoms with Crippen molar-refractivity contribution in [2.75, 3.05) is 5.32 Å². The summed E-state index contributed by atoms with van der Waals surface area (Å²) in [5.41, 5.74) is 0.641. The molecule has 0 unspecified atom stereocenters. The van der Waals surface area contributed by atoms with Crippen LogP contribution in [0.2, 0.25) is 0 Å². The molecule has 2 N–H and O–H groups in total. The predicted octanol–water partition coefficient (Wildman–Crippen LogP) is 4.60. The highest BCUT2D eigenvalue weighted by Gasteiger charge is 2.73. The number of hydrogen-bond donors (Lipinski definition) is 2. The first-order valence-corrected chi connectivity index (χ1v) is 15.1. The first kappa shape index (κ1) is 26.5. The molecule has 1 aromatic rings. The van der Waals surface area contributed by atoms with Crippen molar-refractivity contribution < 1.29 is 19.1 Å². The maximum absolute atomic E-state index is 14.5. The quantitative estimate of drug-likeness (QED) is 0.542. The zero-order chi connectivity index (χ0) is 27.5. The minimum absolute atomic E-state index is 0.0442. The summed E-state index contributed by atoms with van der Waals surface area (Å²) in [5.74, 6) is -0.697. The minimum Gasteiger partial charge on any atom is -0.359 e. The lowest BCUT2D eigenvalue weighted by Crippen LogP contribution is -2.60. The van der Waals surface area contributed by atoms with Crippen molar-refractivity contribution >= 4 is 23.4 Å². The second-order valence-electron chi connectivity index (χ2n) is 13.0. The lowest BCUT2D eigenvalue weighted by molar-refractivity contribution is -0.146. The van der Waals surface area contributed by atoms with E-state index in [0.717, 1.165) is 44.1 Å². The number of carbonyl (C=O) groups excluding carboxylic acids is 3. The van der Waals surface area contributed by atoms with Crippen LogP contribution in [0.25, 0.3) is 0 Å². The van der Waals surface area contributed by atoms with E-state index in [1.165, 1.54) is 6.42 Å². The Balaban J connectivity index is 1.35. The number of rotatable bonds is 5. The van der Waals surface area contributed by atoms with Gasteiger partial charge in [-0.15, -0.1) is 0 Å². The molecule has 2 aliphatic carbocycles. The highest BCUT2D eigenvalue weighted by Crippen LogP contribution is 2.57. The molecule has 6 rings (SSSR count). The summed E-state index contributed by atoms with van der Waals surface area (Å²) in [6.07, 6.45) is 10.7. The number of hydrogen-bond acceptors (Lipinski definition) is 4. The molecule has 2 saturated heterocycles. The van der Waals surface area contributed by atoms with Gasteiger partial charge in [-0.3, -0.25) is 14.4 Å². The molecule has 210 valence electrons. The fraction of sp³-hybridized carbons (Fsp3) is 0.656. The molecule has 3 heterocycles. The molecular weight excluding hydrogens is 490 g/mol. The lowest BCUT2D eigenvalue weighted by Gasteiger charge is -2.44. The first-order valence-electron chi connectivity index (χ1n) is 15.1. The van der Waals surface area contributed by atoms with Crippen molar-refractivity contribution in [1.29, 1.82) is 0 Å². The monoisotopic (exact) mass is 533 g/mol. The molecular formula is C32H43N3O4. The third-order valence-corrected chi connectivity index (χ3v) is 10.6. The Hall–Kier alpha value is -2.67. The lowest BCUT2D eigenvalue weighted by atomic mass is 9.74. The molecule has 1 aromatic carbocycles. The number of amides is 3. The van der Waals surface area contributed by atoms with Crippen molar-refractivity contribution in [3.8, 4) is 0 Å². The number of likely N-dealkylation sites (tertiary alicyclic amines) is 1. The molecule has 0 radical (unpaired) electrons. The van der Waals surface area contributed by atoms with Crippen molar-refractivity contribution in [3.63, 3.8) is 0 Å². The zero-order valence-corrected chi connectivity index (χ0v) is 23.7. The molecule has 3 aliphatic heterocycles. The second kappa shape index (κ2) is 10.1. The Morgan fingerprint density at radius 2 is 1.77 bits per heavy atom. The van der Waals surface area contributed by atoms with Gasteiger partial charge in [0.1, 0.15) is 11.6 Å². The van der Waals surface area contributed by atoms with E-state index in [9.17, 15) is 14.4 Å². The molecule has 10 atom stereocenters. The van der Waals surface area contributed by atoms with Crippen molar-refractivity contribution in [1.82, 2.24) is 10.2 Å². The van der Waals surface area contributed by atoms with E-state index in [0.29, 0.717) is 17.5 Å². The molecule has 2 bridgehead atoms. The average Bonchev–Trinajstić information content (AvgIpc) is 3.54. The molecule has 7 heteroatoms. The van der Waals surface area contributed by atoms with Crippen molar-refractivity contribution in [2.45, 2.75) is 102 Å². The maximum atomic E-state index is 14.5. The van der Waals surface area contributed by atoms with Crippen LogP contribution in [-0.2, 0) is 19.1 Å². The van der Waals surface area contributed by atoms with Gasteiger partial charge in [0.15, 0.2) is 0 Å². The number of nitrogens with one attached hydrogen (secondary N) is 2. The van der Waals surface area contributed by atoms with Crippen LogP contribution in [-0.4, -0.2) is 52.5 Å². The van der Waals surface area contributed by atoms with Gasteiger partial charge in [0.25, 0.3) is 0 Å². The molecule has 2 saturated carbocycles. The number of carbonyl (C=O) groups is 3. The van der Waals surface area contributed by atoms with Crippen LogP contribution in [0.1, 0.15) is 71.3 Å². The molecule has 39 heavy (non-hydrogen) atoms. The standard InChI is InChI=1S/C32H43N3O4/c1-18-9-7-12-22(17-18)33-29(36)26-25-15-16-32(39-25)27(26)31(38)35(24-14-8-11-19(2)21(24)4)28(32)30(37)34-23-13-6-5-10-20(23)3/h7,9,12,15-17,19-21,23-28H,5-6,8,10-11,13-14H2,1-4H3,(H,33,36)(H,34,37)/t19-,20+,21-,23-,24+,25+,26-,27+,28+,32+/m0/s1. The van der Waals surface area contributed by atoms with Gasteiger partial charge in [-0.1, -0.05) is 70.7 Å². The van der Waals surface area contributed by atoms with Crippen LogP contribution >= 0.6 is 0 Å². The van der Waals surface area contributed by atoms with Crippen LogP contribution in [0.4, 0.5) is 5.69 Å². The molecule has 3 amide bonds. The Morgan fingerprint density at radius 1 is 1.00 bits per heavy atom. The smallest absolute Gasteiger partial charge is 0.246 e. The van der Waals surface area contributed by atoms with Gasteiger partial charge >= 0.3 is 0 Å². The Kier molecular flexibility index (Phi) is 6.85. The number of nitrogens with zero attached hydrogens (tertiary/aromatic N) is 1. The predicted molar refractivity (Wildman–Crippen MR) is 150 cm³/mol. The fourth-order valence-electron chi connectivity index (χ4n) is 8.25. The Bertz CT molecular complexity index is 1180. The summed E-state index contributed by atoms with van der Waals surface area (Å²) in [6, 6.07) is 6.97. The second-order valence-corrected chi connectivity index (χ2v) is 13.0. The van der Waals surface area contributed by atoms with Gasteiger partial charge in [0.05, 0.1) is 17.9 Å². The number of anilines is 1. The summed E-state index contributed by atoms with van der Waals surface area (Å²) in [5, 5.41) is 6.40. The van der Waals surface area contributed by atoms with Gasteiger partial charge in [0, 0.05) is 17.8 Å². The minimum atomic E-state index is -1.11. The highest BCUT2D eigenvalue weighted by atomic mass is 16.5. The van der Waals surface area contributed by atoms with Crippen LogP contribution in [0.15, 0.2) is 36.4 Å². The highest BCUT2D eigenvalue weighted by molar-refractivity contribution is 6.03. The van der Waals surface area contributed by atoms with E-state index in [1.807, 2.05) is 48.2 Å². The van der Waals surface area contributed by atoms with E-state index in [-0.39, 0.29) is 35.7 Å². The Labute approximate surface area is 232 Å². The summed E-state index contributed by atoms with van der Waals surface area (Å²) in [6.45, 7) is 8.64. The molecule has 4 fully saturated rings. The topological polar surface area (TPSA) is 87.7 Å². The average molecular weight is 534 g/mol. The van der Waals surface area contributed by atoms with E-state index >= 15 is 0 Å². The number of ether oxygens (including phenoxy) is 1. The third-order valence-electron chi connectivity index (χ3n) is 10.6.